The predicted octanol–water partition coefficient (Wildman–Crippen LogP) is 4.67. The zero-order chi connectivity index (χ0) is 21.4. The lowest BCUT2D eigenvalue weighted by Crippen LogP contribution is -2.31. The van der Waals surface area contributed by atoms with Gasteiger partial charge in [0.25, 0.3) is 5.91 Å². The number of carbonyl (C=O) groups excluding carboxylic acids is 2. The van der Waals surface area contributed by atoms with Crippen molar-refractivity contribution in [3.8, 4) is 0 Å². The molecular formula is C23H23F2N3O2. The van der Waals surface area contributed by atoms with Gasteiger partial charge in [-0.1, -0.05) is 19.9 Å². The average Bonchev–Trinajstić information content (AvgIpc) is 3.33. The zero-order valence-corrected chi connectivity index (χ0v) is 16.8. The van der Waals surface area contributed by atoms with Gasteiger partial charge in [-0.3, -0.25) is 9.59 Å². The number of nitrogens with one attached hydrogen (secondary N) is 2. The summed E-state index contributed by atoms with van der Waals surface area (Å²) in [4.78, 5) is 29.7. The molecule has 1 aromatic heterocycles. The molecule has 3 aromatic rings. The van der Waals surface area contributed by atoms with E-state index in [4.69, 9.17) is 0 Å². The van der Waals surface area contributed by atoms with E-state index in [1.165, 1.54) is 0 Å². The zero-order valence-electron chi connectivity index (χ0n) is 16.8. The number of carbonyl (C=O) groups is 2. The van der Waals surface area contributed by atoms with Crippen LogP contribution in [-0.2, 0) is 4.79 Å². The van der Waals surface area contributed by atoms with Gasteiger partial charge >= 0.3 is 0 Å². The van der Waals surface area contributed by atoms with Gasteiger partial charge in [0.1, 0.15) is 17.3 Å². The molecule has 156 valence electrons. The quantitative estimate of drug-likeness (QED) is 0.655. The van der Waals surface area contributed by atoms with Crippen LogP contribution in [0.15, 0.2) is 42.5 Å². The summed E-state index contributed by atoms with van der Waals surface area (Å²) in [6.45, 7) is 5.27. The van der Waals surface area contributed by atoms with E-state index in [1.807, 2.05) is 36.9 Å². The Morgan fingerprint density at radius 1 is 1.10 bits per heavy atom. The minimum Gasteiger partial charge on any atom is -0.351 e. The second-order valence-corrected chi connectivity index (χ2v) is 8.07. The molecular weight excluding hydrogens is 388 g/mol. The summed E-state index contributed by atoms with van der Waals surface area (Å²) in [5.41, 5.74) is 2.27. The lowest BCUT2D eigenvalue weighted by atomic mass is 9.97. The van der Waals surface area contributed by atoms with Crippen molar-refractivity contribution in [3.05, 3.63) is 65.4 Å². The third-order valence-electron chi connectivity index (χ3n) is 5.48. The van der Waals surface area contributed by atoms with Crippen LogP contribution in [0.3, 0.4) is 0 Å². The summed E-state index contributed by atoms with van der Waals surface area (Å²) in [5, 5.41) is 3.38. The Hall–Kier alpha value is -3.22. The van der Waals surface area contributed by atoms with E-state index in [-0.39, 0.29) is 23.4 Å². The molecule has 1 aliphatic rings. The smallest absolute Gasteiger partial charge is 0.272 e. The number of fused-ring (bicyclic) bond motifs is 1. The number of rotatable bonds is 4. The minimum atomic E-state index is -0.756. The fraction of sp³-hybridized carbons (Fsp3) is 0.304. The van der Waals surface area contributed by atoms with E-state index < -0.39 is 17.5 Å². The van der Waals surface area contributed by atoms with Gasteiger partial charge in [-0.05, 0) is 42.3 Å². The summed E-state index contributed by atoms with van der Waals surface area (Å²) >= 11 is 0. The summed E-state index contributed by atoms with van der Waals surface area (Å²) in [6.07, 6.45) is 0.910. The molecule has 2 N–H and O–H groups in total. The number of halogens is 2. The van der Waals surface area contributed by atoms with Crippen LogP contribution in [0.25, 0.3) is 10.9 Å². The second kappa shape index (κ2) is 7.89. The number of hydrogen-bond acceptors (Lipinski definition) is 2. The number of benzene rings is 2. The molecule has 1 fully saturated rings. The van der Waals surface area contributed by atoms with Crippen molar-refractivity contribution >= 4 is 28.4 Å². The van der Waals surface area contributed by atoms with Crippen molar-refractivity contribution in [2.75, 3.05) is 18.4 Å². The van der Waals surface area contributed by atoms with Crippen molar-refractivity contribution in [2.45, 2.75) is 26.2 Å². The van der Waals surface area contributed by atoms with Crippen LogP contribution >= 0.6 is 0 Å². The number of hydrogen-bond donors (Lipinski definition) is 2. The Kier molecular flexibility index (Phi) is 5.28. The van der Waals surface area contributed by atoms with Gasteiger partial charge in [-0.25, -0.2) is 8.78 Å². The van der Waals surface area contributed by atoms with Gasteiger partial charge in [-0.2, -0.15) is 0 Å². The number of amides is 2. The van der Waals surface area contributed by atoms with Crippen LogP contribution in [0.2, 0.25) is 0 Å². The number of likely N-dealkylation sites (tertiary alicyclic amines) is 1. The van der Waals surface area contributed by atoms with E-state index in [1.54, 1.807) is 6.07 Å². The summed E-state index contributed by atoms with van der Waals surface area (Å²) in [7, 11) is 0. The number of nitrogens with zero attached hydrogens (tertiary/aromatic N) is 1. The lowest BCUT2D eigenvalue weighted by Gasteiger charge is -2.18. The van der Waals surface area contributed by atoms with Crippen molar-refractivity contribution < 1.29 is 18.4 Å². The maximum Gasteiger partial charge on any atom is 0.272 e. The van der Waals surface area contributed by atoms with Crippen molar-refractivity contribution in [1.82, 2.24) is 9.88 Å². The maximum atomic E-state index is 13.3. The predicted molar refractivity (Wildman–Crippen MR) is 111 cm³/mol. The van der Waals surface area contributed by atoms with Gasteiger partial charge in [0.2, 0.25) is 5.91 Å². The molecule has 30 heavy (non-hydrogen) atoms. The molecule has 1 atom stereocenters. The first-order chi connectivity index (χ1) is 14.3. The Morgan fingerprint density at radius 2 is 1.83 bits per heavy atom. The second-order valence-electron chi connectivity index (χ2n) is 8.07. The molecule has 0 bridgehead atoms. The fourth-order valence-electron chi connectivity index (χ4n) is 3.95. The lowest BCUT2D eigenvalue weighted by molar-refractivity contribution is -0.133. The maximum absolute atomic E-state index is 13.3. The topological polar surface area (TPSA) is 65.2 Å². The monoisotopic (exact) mass is 411 g/mol. The first-order valence-corrected chi connectivity index (χ1v) is 9.99. The van der Waals surface area contributed by atoms with Gasteiger partial charge in [0, 0.05) is 47.6 Å². The van der Waals surface area contributed by atoms with E-state index in [0.29, 0.717) is 12.2 Å². The number of aromatic nitrogens is 1. The number of anilines is 1. The largest absolute Gasteiger partial charge is 0.351 e. The van der Waals surface area contributed by atoms with Gasteiger partial charge in [-0.15, -0.1) is 0 Å². The minimum absolute atomic E-state index is 0.0106. The molecule has 2 amide bonds. The molecule has 5 nitrogen and oxygen atoms in total. The Bertz CT molecular complexity index is 1100. The summed E-state index contributed by atoms with van der Waals surface area (Å²) in [6, 6.07) is 10.5. The third kappa shape index (κ3) is 4.06. The molecule has 2 aromatic carbocycles. The molecule has 4 rings (SSSR count). The molecule has 0 unspecified atom stereocenters. The van der Waals surface area contributed by atoms with Gasteiger partial charge in [0.05, 0.1) is 0 Å². The highest BCUT2D eigenvalue weighted by Gasteiger charge is 2.28. The average molecular weight is 411 g/mol. The molecule has 0 radical (unpaired) electrons. The van der Waals surface area contributed by atoms with Crippen LogP contribution in [0, 0.1) is 17.6 Å². The summed E-state index contributed by atoms with van der Waals surface area (Å²) < 4.78 is 26.7. The van der Waals surface area contributed by atoms with Gasteiger partial charge < -0.3 is 15.2 Å². The molecule has 0 saturated carbocycles. The van der Waals surface area contributed by atoms with E-state index in [9.17, 15) is 18.4 Å². The molecule has 0 spiro atoms. The Balaban J connectivity index is 1.51. The van der Waals surface area contributed by atoms with Crippen LogP contribution in [0.1, 0.15) is 42.2 Å². The molecule has 1 saturated heterocycles. The number of aromatic amines is 1. The third-order valence-corrected chi connectivity index (χ3v) is 5.48. The molecule has 2 heterocycles. The highest BCUT2D eigenvalue weighted by atomic mass is 19.1. The highest BCUT2D eigenvalue weighted by Crippen LogP contribution is 2.30. The van der Waals surface area contributed by atoms with Gasteiger partial charge in [0.15, 0.2) is 0 Å². The van der Waals surface area contributed by atoms with Crippen molar-refractivity contribution in [2.24, 2.45) is 5.92 Å². The normalized spacial score (nSPS) is 16.4. The standard InChI is InChI=1S/C23H23F2N3O2/c1-13(2)23(30)28-6-5-15(12-28)14-3-4-20-16(7-14)8-21(27-20)22(29)26-19-10-17(24)9-18(25)11-19/h3-4,7-11,13,15,27H,5-6,12H2,1-2H3,(H,26,29)/t15-/m0/s1. The first-order valence-electron chi connectivity index (χ1n) is 9.99. The van der Waals surface area contributed by atoms with Crippen LogP contribution < -0.4 is 5.32 Å². The number of H-pyrrole nitrogens is 1. The van der Waals surface area contributed by atoms with Crippen molar-refractivity contribution in [1.29, 1.82) is 0 Å². The molecule has 0 aliphatic carbocycles. The van der Waals surface area contributed by atoms with E-state index in [0.717, 1.165) is 47.6 Å². The SMILES string of the molecule is CC(C)C(=O)N1CC[C@H](c2ccc3[nH]c(C(=O)Nc4cc(F)cc(F)c4)cc3c2)C1. The van der Waals surface area contributed by atoms with Crippen molar-refractivity contribution in [3.63, 3.8) is 0 Å². The summed E-state index contributed by atoms with van der Waals surface area (Å²) in [5.74, 6) is -1.57. The Morgan fingerprint density at radius 3 is 2.53 bits per heavy atom. The van der Waals surface area contributed by atoms with E-state index >= 15 is 0 Å². The molecule has 7 heteroatoms. The van der Waals surface area contributed by atoms with Crippen LogP contribution in [0.4, 0.5) is 14.5 Å². The van der Waals surface area contributed by atoms with E-state index in [2.05, 4.69) is 10.3 Å². The molecule has 1 aliphatic heterocycles. The van der Waals surface area contributed by atoms with Crippen LogP contribution in [-0.4, -0.2) is 34.8 Å². The fourth-order valence-corrected chi connectivity index (χ4v) is 3.95. The Labute approximate surface area is 173 Å². The van der Waals surface area contributed by atoms with Crippen LogP contribution in [0.5, 0.6) is 0 Å². The highest BCUT2D eigenvalue weighted by molar-refractivity contribution is 6.06. The first kappa shape index (κ1) is 20.1.